The lowest BCUT2D eigenvalue weighted by atomic mass is 10.0. The van der Waals surface area contributed by atoms with Gasteiger partial charge in [0, 0.05) is 10.9 Å². The monoisotopic (exact) mass is 288 g/mol. The Labute approximate surface area is 119 Å². The third-order valence-corrected chi connectivity index (χ3v) is 3.15. The fourth-order valence-corrected chi connectivity index (χ4v) is 2.19. The standard InChI is InChI=1S/C16H11F3N2/c1-10-7-8-13-12(9-10)14(11-5-3-2-4-6-11)21-15(20-13)16(17,18)19/h2-9H,1H3. The molecule has 0 unspecified atom stereocenters. The van der Waals surface area contributed by atoms with Crippen LogP contribution >= 0.6 is 0 Å². The summed E-state index contributed by atoms with van der Waals surface area (Å²) in [5.41, 5.74) is 2.18. The van der Waals surface area contributed by atoms with E-state index in [-0.39, 0.29) is 0 Å². The van der Waals surface area contributed by atoms with E-state index < -0.39 is 12.0 Å². The third-order valence-electron chi connectivity index (χ3n) is 3.15. The number of hydrogen-bond donors (Lipinski definition) is 0. The summed E-state index contributed by atoms with van der Waals surface area (Å²) >= 11 is 0. The molecule has 0 saturated carbocycles. The van der Waals surface area contributed by atoms with Crippen molar-refractivity contribution in [3.8, 4) is 11.3 Å². The van der Waals surface area contributed by atoms with E-state index in [1.807, 2.05) is 13.0 Å². The molecule has 0 N–H and O–H groups in total. The first-order valence-electron chi connectivity index (χ1n) is 6.36. The highest BCUT2D eigenvalue weighted by molar-refractivity contribution is 5.92. The summed E-state index contributed by atoms with van der Waals surface area (Å²) in [5.74, 6) is -1.11. The van der Waals surface area contributed by atoms with E-state index in [1.54, 1.807) is 42.5 Å². The Bertz CT molecular complexity index is 796. The predicted octanol–water partition coefficient (Wildman–Crippen LogP) is 4.62. The summed E-state index contributed by atoms with van der Waals surface area (Å²) in [6.45, 7) is 1.88. The molecule has 21 heavy (non-hydrogen) atoms. The molecule has 0 amide bonds. The van der Waals surface area contributed by atoms with Crippen LogP contribution in [0.2, 0.25) is 0 Å². The van der Waals surface area contributed by atoms with Crippen LogP contribution in [0.1, 0.15) is 11.4 Å². The van der Waals surface area contributed by atoms with Gasteiger partial charge in [0.2, 0.25) is 5.82 Å². The quantitative estimate of drug-likeness (QED) is 0.652. The summed E-state index contributed by atoms with van der Waals surface area (Å²) in [7, 11) is 0. The topological polar surface area (TPSA) is 25.8 Å². The van der Waals surface area contributed by atoms with E-state index >= 15 is 0 Å². The Morgan fingerprint density at radius 2 is 1.62 bits per heavy atom. The largest absolute Gasteiger partial charge is 0.451 e. The van der Waals surface area contributed by atoms with Crippen LogP contribution in [0.5, 0.6) is 0 Å². The molecule has 0 aliphatic carbocycles. The second-order valence-electron chi connectivity index (χ2n) is 4.78. The second kappa shape index (κ2) is 4.84. The minimum atomic E-state index is -4.57. The Morgan fingerprint density at radius 3 is 2.29 bits per heavy atom. The van der Waals surface area contributed by atoms with Gasteiger partial charge in [-0.15, -0.1) is 0 Å². The maximum atomic E-state index is 13.0. The van der Waals surface area contributed by atoms with Crippen LogP contribution in [-0.4, -0.2) is 9.97 Å². The average Bonchev–Trinajstić information content (AvgIpc) is 2.46. The van der Waals surface area contributed by atoms with Gasteiger partial charge in [0.15, 0.2) is 0 Å². The molecule has 0 aliphatic heterocycles. The molecule has 5 heteroatoms. The molecule has 106 valence electrons. The molecule has 3 aromatic rings. The second-order valence-corrected chi connectivity index (χ2v) is 4.78. The first-order chi connectivity index (χ1) is 9.95. The maximum Gasteiger partial charge on any atom is 0.451 e. The average molecular weight is 288 g/mol. The molecule has 3 rings (SSSR count). The molecule has 2 nitrogen and oxygen atoms in total. The molecule has 0 aliphatic rings. The molecular formula is C16H11F3N2. The van der Waals surface area contributed by atoms with Crippen LogP contribution in [0, 0.1) is 6.92 Å². The lowest BCUT2D eigenvalue weighted by Gasteiger charge is -2.11. The van der Waals surface area contributed by atoms with Crippen molar-refractivity contribution in [1.82, 2.24) is 9.97 Å². The Hall–Kier alpha value is -2.43. The van der Waals surface area contributed by atoms with Crippen molar-refractivity contribution in [3.63, 3.8) is 0 Å². The van der Waals surface area contributed by atoms with Crippen molar-refractivity contribution in [2.24, 2.45) is 0 Å². The van der Waals surface area contributed by atoms with Gasteiger partial charge in [-0.1, -0.05) is 42.0 Å². The van der Waals surface area contributed by atoms with Crippen molar-refractivity contribution in [2.75, 3.05) is 0 Å². The Balaban J connectivity index is 2.36. The van der Waals surface area contributed by atoms with Crippen LogP contribution in [0.3, 0.4) is 0 Å². The highest BCUT2D eigenvalue weighted by atomic mass is 19.4. The van der Waals surface area contributed by atoms with E-state index in [9.17, 15) is 13.2 Å². The molecule has 0 bridgehead atoms. The van der Waals surface area contributed by atoms with Gasteiger partial charge in [0.25, 0.3) is 0 Å². The number of hydrogen-bond acceptors (Lipinski definition) is 2. The number of nitrogens with zero attached hydrogens (tertiary/aromatic N) is 2. The molecule has 2 aromatic carbocycles. The zero-order chi connectivity index (χ0) is 15.0. The molecule has 0 atom stereocenters. The third kappa shape index (κ3) is 2.59. The van der Waals surface area contributed by atoms with Gasteiger partial charge in [-0.05, 0) is 19.1 Å². The van der Waals surface area contributed by atoms with E-state index in [2.05, 4.69) is 9.97 Å². The Morgan fingerprint density at radius 1 is 0.905 bits per heavy atom. The van der Waals surface area contributed by atoms with Gasteiger partial charge in [-0.3, -0.25) is 0 Å². The van der Waals surface area contributed by atoms with Crippen LogP contribution < -0.4 is 0 Å². The highest BCUT2D eigenvalue weighted by Crippen LogP contribution is 2.32. The van der Waals surface area contributed by atoms with Crippen molar-refractivity contribution < 1.29 is 13.2 Å². The van der Waals surface area contributed by atoms with Crippen LogP contribution in [-0.2, 0) is 6.18 Å². The molecule has 0 spiro atoms. The Kier molecular flexibility index (Phi) is 3.12. The van der Waals surface area contributed by atoms with Crippen molar-refractivity contribution in [3.05, 3.63) is 59.9 Å². The van der Waals surface area contributed by atoms with Gasteiger partial charge < -0.3 is 0 Å². The lowest BCUT2D eigenvalue weighted by molar-refractivity contribution is -0.144. The van der Waals surface area contributed by atoms with Gasteiger partial charge in [-0.25, -0.2) is 9.97 Å². The summed E-state index contributed by atoms with van der Waals surface area (Å²) in [6.07, 6.45) is -4.57. The van der Waals surface area contributed by atoms with Gasteiger partial charge in [-0.2, -0.15) is 13.2 Å². The van der Waals surface area contributed by atoms with Crippen LogP contribution in [0.25, 0.3) is 22.2 Å². The maximum absolute atomic E-state index is 13.0. The fourth-order valence-electron chi connectivity index (χ4n) is 2.19. The lowest BCUT2D eigenvalue weighted by Crippen LogP contribution is -2.12. The molecule has 0 saturated heterocycles. The number of fused-ring (bicyclic) bond motifs is 1. The first kappa shape index (κ1) is 13.5. The number of alkyl halides is 3. The number of halogens is 3. The van der Waals surface area contributed by atoms with E-state index in [1.165, 1.54) is 0 Å². The minimum absolute atomic E-state index is 0.293. The summed E-state index contributed by atoms with van der Waals surface area (Å²) < 4.78 is 38.9. The molecule has 1 aromatic heterocycles. The number of aromatic nitrogens is 2. The molecule has 0 radical (unpaired) electrons. The van der Waals surface area contributed by atoms with E-state index in [0.717, 1.165) is 5.56 Å². The number of benzene rings is 2. The number of rotatable bonds is 1. The van der Waals surface area contributed by atoms with Gasteiger partial charge in [0.1, 0.15) is 0 Å². The van der Waals surface area contributed by atoms with Crippen LogP contribution in [0.15, 0.2) is 48.5 Å². The zero-order valence-corrected chi connectivity index (χ0v) is 11.1. The highest BCUT2D eigenvalue weighted by Gasteiger charge is 2.35. The number of aryl methyl sites for hydroxylation is 1. The van der Waals surface area contributed by atoms with E-state index in [0.29, 0.717) is 22.2 Å². The van der Waals surface area contributed by atoms with Crippen LogP contribution in [0.4, 0.5) is 13.2 Å². The summed E-state index contributed by atoms with van der Waals surface area (Å²) in [6, 6.07) is 14.0. The zero-order valence-electron chi connectivity index (χ0n) is 11.1. The van der Waals surface area contributed by atoms with Gasteiger partial charge in [0.05, 0.1) is 11.2 Å². The van der Waals surface area contributed by atoms with Crippen molar-refractivity contribution in [1.29, 1.82) is 0 Å². The smallest absolute Gasteiger partial charge is 0.224 e. The molecule has 0 fully saturated rings. The first-order valence-corrected chi connectivity index (χ1v) is 6.36. The fraction of sp³-hybridized carbons (Fsp3) is 0.125. The summed E-state index contributed by atoms with van der Waals surface area (Å²) in [5, 5.41) is 0.620. The molecule has 1 heterocycles. The van der Waals surface area contributed by atoms with Gasteiger partial charge >= 0.3 is 6.18 Å². The SMILES string of the molecule is Cc1ccc2nc(C(F)(F)F)nc(-c3ccccc3)c2c1. The van der Waals surface area contributed by atoms with Crippen molar-refractivity contribution in [2.45, 2.75) is 13.1 Å². The van der Waals surface area contributed by atoms with E-state index in [4.69, 9.17) is 0 Å². The molecular weight excluding hydrogens is 277 g/mol. The minimum Gasteiger partial charge on any atom is -0.224 e. The van der Waals surface area contributed by atoms with Crippen molar-refractivity contribution >= 4 is 10.9 Å². The summed E-state index contributed by atoms with van der Waals surface area (Å²) in [4.78, 5) is 7.39. The predicted molar refractivity (Wildman–Crippen MR) is 74.7 cm³/mol. The normalized spacial score (nSPS) is 11.8.